The Kier molecular flexibility index (Phi) is 9.26. The number of amides is 2. The maximum Gasteiger partial charge on any atom is 0.234 e. The van der Waals surface area contributed by atoms with Crippen molar-refractivity contribution in [2.24, 2.45) is 0 Å². The Balaban J connectivity index is 1.39. The van der Waals surface area contributed by atoms with Crippen molar-refractivity contribution >= 4 is 11.8 Å². The van der Waals surface area contributed by atoms with Crippen molar-refractivity contribution in [1.82, 2.24) is 20.4 Å². The van der Waals surface area contributed by atoms with Crippen LogP contribution in [0.4, 0.5) is 0 Å². The Morgan fingerprint density at radius 3 is 2.00 bits per heavy atom. The normalized spacial score (nSPS) is 15.8. The first-order chi connectivity index (χ1) is 15.5. The summed E-state index contributed by atoms with van der Waals surface area (Å²) in [5, 5.41) is 6.08. The van der Waals surface area contributed by atoms with Crippen LogP contribution in [0.25, 0.3) is 11.1 Å². The van der Waals surface area contributed by atoms with Crippen LogP contribution in [-0.2, 0) is 9.59 Å². The molecular formula is C26H36N4O2. The van der Waals surface area contributed by atoms with E-state index in [9.17, 15) is 9.59 Å². The molecule has 0 bridgehead atoms. The molecule has 1 saturated heterocycles. The van der Waals surface area contributed by atoms with E-state index in [-0.39, 0.29) is 17.9 Å². The van der Waals surface area contributed by atoms with Gasteiger partial charge in [-0.05, 0) is 30.0 Å². The van der Waals surface area contributed by atoms with Gasteiger partial charge in [0.2, 0.25) is 11.8 Å². The third kappa shape index (κ3) is 7.46. The second-order valence-corrected chi connectivity index (χ2v) is 8.53. The lowest BCUT2D eigenvalue weighted by Crippen LogP contribution is -2.51. The molecule has 1 aliphatic heterocycles. The van der Waals surface area contributed by atoms with E-state index in [4.69, 9.17) is 0 Å². The molecule has 2 aromatic carbocycles. The third-order valence-corrected chi connectivity index (χ3v) is 5.95. The molecular weight excluding hydrogens is 400 g/mol. The molecule has 0 unspecified atom stereocenters. The van der Waals surface area contributed by atoms with Crippen LogP contribution in [0.15, 0.2) is 54.6 Å². The molecule has 0 aromatic heterocycles. The number of nitrogens with one attached hydrogen (secondary N) is 2. The number of benzene rings is 2. The van der Waals surface area contributed by atoms with E-state index in [1.54, 1.807) is 0 Å². The molecule has 3 rings (SSSR count). The molecule has 32 heavy (non-hydrogen) atoms. The van der Waals surface area contributed by atoms with Gasteiger partial charge in [-0.15, -0.1) is 0 Å². The fraction of sp³-hybridized carbons (Fsp3) is 0.462. The highest BCUT2D eigenvalue weighted by Gasteiger charge is 2.21. The molecule has 2 aromatic rings. The molecule has 172 valence electrons. The summed E-state index contributed by atoms with van der Waals surface area (Å²) in [4.78, 5) is 28.8. The zero-order chi connectivity index (χ0) is 22.8. The van der Waals surface area contributed by atoms with E-state index in [0.29, 0.717) is 13.1 Å². The molecule has 2 amide bonds. The number of carbonyl (C=O) groups is 2. The number of piperazine rings is 1. The minimum Gasteiger partial charge on any atom is -0.355 e. The molecule has 1 atom stereocenters. The monoisotopic (exact) mass is 436 g/mol. The fourth-order valence-electron chi connectivity index (χ4n) is 3.94. The van der Waals surface area contributed by atoms with E-state index in [1.807, 2.05) is 25.1 Å². The lowest BCUT2D eigenvalue weighted by Gasteiger charge is -2.34. The molecule has 1 heterocycles. The van der Waals surface area contributed by atoms with Gasteiger partial charge in [0.1, 0.15) is 0 Å². The SMILES string of the molecule is CCCCNC(=O)CN1CCN(CC(=O)N[C@@H](C)c2ccc(-c3ccccc3)cc2)CC1. The van der Waals surface area contributed by atoms with Gasteiger partial charge < -0.3 is 10.6 Å². The van der Waals surface area contributed by atoms with Gasteiger partial charge >= 0.3 is 0 Å². The maximum absolute atomic E-state index is 12.6. The molecule has 0 saturated carbocycles. The van der Waals surface area contributed by atoms with Crippen molar-refractivity contribution in [2.75, 3.05) is 45.8 Å². The lowest BCUT2D eigenvalue weighted by atomic mass is 10.0. The minimum absolute atomic E-state index is 0.0374. The second-order valence-electron chi connectivity index (χ2n) is 8.53. The maximum atomic E-state index is 12.6. The lowest BCUT2D eigenvalue weighted by molar-refractivity contribution is -0.125. The van der Waals surface area contributed by atoms with E-state index >= 15 is 0 Å². The quantitative estimate of drug-likeness (QED) is 0.562. The fourth-order valence-corrected chi connectivity index (χ4v) is 3.94. The molecule has 6 nitrogen and oxygen atoms in total. The van der Waals surface area contributed by atoms with Crippen LogP contribution in [-0.4, -0.2) is 67.4 Å². The van der Waals surface area contributed by atoms with E-state index in [1.165, 1.54) is 11.1 Å². The first kappa shape index (κ1) is 24.0. The van der Waals surface area contributed by atoms with Crippen LogP contribution in [0, 0.1) is 0 Å². The van der Waals surface area contributed by atoms with Gasteiger partial charge in [-0.2, -0.15) is 0 Å². The van der Waals surface area contributed by atoms with Gasteiger partial charge in [0.15, 0.2) is 0 Å². The average molecular weight is 437 g/mol. The molecule has 2 N–H and O–H groups in total. The van der Waals surface area contributed by atoms with Crippen molar-refractivity contribution in [3.05, 3.63) is 60.2 Å². The van der Waals surface area contributed by atoms with Gasteiger partial charge in [0.05, 0.1) is 19.1 Å². The standard InChI is InChI=1S/C26H36N4O2/c1-3-4-14-27-25(31)19-29-15-17-30(18-16-29)20-26(32)28-21(2)22-10-12-24(13-11-22)23-8-6-5-7-9-23/h5-13,21H,3-4,14-20H2,1-2H3,(H,27,31)(H,28,32)/t21-/m0/s1. The van der Waals surface area contributed by atoms with Gasteiger partial charge in [-0.3, -0.25) is 19.4 Å². The number of hydrogen-bond acceptors (Lipinski definition) is 4. The van der Waals surface area contributed by atoms with Crippen molar-refractivity contribution in [1.29, 1.82) is 0 Å². The van der Waals surface area contributed by atoms with Crippen LogP contribution in [0.1, 0.15) is 38.3 Å². The average Bonchev–Trinajstić information content (AvgIpc) is 2.81. The van der Waals surface area contributed by atoms with E-state index in [0.717, 1.165) is 51.1 Å². The van der Waals surface area contributed by atoms with Crippen LogP contribution >= 0.6 is 0 Å². The van der Waals surface area contributed by atoms with Crippen LogP contribution in [0.5, 0.6) is 0 Å². The number of nitrogens with zero attached hydrogens (tertiary/aromatic N) is 2. The number of unbranched alkanes of at least 4 members (excludes halogenated alkanes) is 1. The van der Waals surface area contributed by atoms with Gasteiger partial charge in [0.25, 0.3) is 0 Å². The first-order valence-electron chi connectivity index (χ1n) is 11.7. The van der Waals surface area contributed by atoms with Crippen molar-refractivity contribution in [2.45, 2.75) is 32.7 Å². The molecule has 1 aliphatic rings. The third-order valence-electron chi connectivity index (χ3n) is 5.95. The summed E-state index contributed by atoms with van der Waals surface area (Å²) in [5.41, 5.74) is 3.45. The molecule has 0 spiro atoms. The molecule has 0 aliphatic carbocycles. The predicted octanol–water partition coefficient (Wildman–Crippen LogP) is 3.06. The van der Waals surface area contributed by atoms with Crippen molar-refractivity contribution in [3.8, 4) is 11.1 Å². The smallest absolute Gasteiger partial charge is 0.234 e. The minimum atomic E-state index is -0.0413. The Bertz CT molecular complexity index is 846. The second kappa shape index (κ2) is 12.4. The van der Waals surface area contributed by atoms with E-state index < -0.39 is 0 Å². The van der Waals surface area contributed by atoms with Crippen molar-refractivity contribution < 1.29 is 9.59 Å². The summed E-state index contributed by atoms with van der Waals surface area (Å²) in [6.45, 7) is 8.95. The highest BCUT2D eigenvalue weighted by molar-refractivity contribution is 5.79. The zero-order valence-electron chi connectivity index (χ0n) is 19.3. The van der Waals surface area contributed by atoms with Crippen molar-refractivity contribution in [3.63, 3.8) is 0 Å². The summed E-state index contributed by atoms with van der Waals surface area (Å²) < 4.78 is 0. The Morgan fingerprint density at radius 2 is 1.41 bits per heavy atom. The number of carbonyl (C=O) groups excluding carboxylic acids is 2. The topological polar surface area (TPSA) is 64.7 Å². The van der Waals surface area contributed by atoms with Gasteiger partial charge in [0, 0.05) is 32.7 Å². The summed E-state index contributed by atoms with van der Waals surface area (Å²) in [6, 6.07) is 18.6. The number of hydrogen-bond donors (Lipinski definition) is 2. The van der Waals surface area contributed by atoms with Crippen LogP contribution in [0.2, 0.25) is 0 Å². The summed E-state index contributed by atoms with van der Waals surface area (Å²) >= 11 is 0. The highest BCUT2D eigenvalue weighted by atomic mass is 16.2. The van der Waals surface area contributed by atoms with Gasteiger partial charge in [-0.1, -0.05) is 67.9 Å². The molecule has 1 fully saturated rings. The summed E-state index contributed by atoms with van der Waals surface area (Å²) in [6.07, 6.45) is 2.10. The predicted molar refractivity (Wildman–Crippen MR) is 129 cm³/mol. The zero-order valence-corrected chi connectivity index (χ0v) is 19.3. The molecule has 6 heteroatoms. The van der Waals surface area contributed by atoms with Gasteiger partial charge in [-0.25, -0.2) is 0 Å². The Hall–Kier alpha value is -2.70. The Morgan fingerprint density at radius 1 is 0.844 bits per heavy atom. The van der Waals surface area contributed by atoms with Crippen LogP contribution in [0.3, 0.4) is 0 Å². The number of rotatable bonds is 10. The molecule has 0 radical (unpaired) electrons. The Labute approximate surface area is 192 Å². The highest BCUT2D eigenvalue weighted by Crippen LogP contribution is 2.21. The van der Waals surface area contributed by atoms with Crippen LogP contribution < -0.4 is 10.6 Å². The largest absolute Gasteiger partial charge is 0.355 e. The summed E-state index contributed by atoms with van der Waals surface area (Å²) in [5.74, 6) is 0.132. The first-order valence-corrected chi connectivity index (χ1v) is 11.7. The van der Waals surface area contributed by atoms with E-state index in [2.05, 4.69) is 63.8 Å². The summed E-state index contributed by atoms with van der Waals surface area (Å²) in [7, 11) is 0.